The van der Waals surface area contributed by atoms with E-state index in [1.165, 1.54) is 0 Å². The second kappa shape index (κ2) is 3.79. The molecule has 1 aromatic rings. The number of aliphatic hydroxyl groups excluding tert-OH is 1. The van der Waals surface area contributed by atoms with Crippen molar-refractivity contribution < 1.29 is 14.4 Å². The van der Waals surface area contributed by atoms with Crippen LogP contribution in [0, 0.1) is 0 Å². The van der Waals surface area contributed by atoms with Gasteiger partial charge in [-0.05, 0) is 0 Å². The third-order valence-corrected chi connectivity index (χ3v) is 1.68. The van der Waals surface area contributed by atoms with E-state index < -0.39 is 12.5 Å². The topological polar surface area (TPSA) is 75.4 Å². The maximum atomic E-state index is 10.8. The van der Waals surface area contributed by atoms with Crippen molar-refractivity contribution in [1.82, 2.24) is 5.16 Å². The molecule has 5 heteroatoms. The Labute approximate surface area is 82.1 Å². The Kier molecular flexibility index (Phi) is 2.90. The zero-order chi connectivity index (χ0) is 10.8. The van der Waals surface area contributed by atoms with E-state index in [1.54, 1.807) is 6.07 Å². The third-order valence-electron chi connectivity index (χ3n) is 1.68. The number of rotatable bonds is 2. The van der Waals surface area contributed by atoms with Crippen molar-refractivity contribution in [2.75, 3.05) is 11.9 Å². The summed E-state index contributed by atoms with van der Waals surface area (Å²) in [5.41, 5.74) is 0.636. The molecule has 0 aromatic carbocycles. The lowest BCUT2D eigenvalue weighted by Crippen LogP contribution is -2.15. The molecule has 0 saturated heterocycles. The fourth-order valence-electron chi connectivity index (χ4n) is 0.865. The summed E-state index contributed by atoms with van der Waals surface area (Å²) in [6.07, 6.45) is 0. The molecular weight excluding hydrogens is 184 g/mol. The third kappa shape index (κ3) is 2.56. The molecule has 0 aliphatic heterocycles. The lowest BCUT2D eigenvalue weighted by molar-refractivity contribution is -0.118. The summed E-state index contributed by atoms with van der Waals surface area (Å²) in [7, 11) is 0. The van der Waals surface area contributed by atoms with Gasteiger partial charge in [-0.25, -0.2) is 0 Å². The highest BCUT2D eigenvalue weighted by Gasteiger charge is 2.19. The highest BCUT2D eigenvalue weighted by atomic mass is 16.5. The number of hydrogen-bond acceptors (Lipinski definition) is 4. The van der Waals surface area contributed by atoms with Crippen LogP contribution in [-0.2, 0) is 10.2 Å². The van der Waals surface area contributed by atoms with E-state index >= 15 is 0 Å². The van der Waals surface area contributed by atoms with E-state index in [0.29, 0.717) is 0 Å². The SMILES string of the molecule is CC(C)(C)c1cc(NC(=O)CO)on1. The van der Waals surface area contributed by atoms with Crippen LogP contribution in [0.4, 0.5) is 5.88 Å². The zero-order valence-corrected chi connectivity index (χ0v) is 8.50. The van der Waals surface area contributed by atoms with Crippen molar-refractivity contribution in [3.8, 4) is 0 Å². The van der Waals surface area contributed by atoms with E-state index in [2.05, 4.69) is 10.5 Å². The number of aliphatic hydroxyl groups is 1. The van der Waals surface area contributed by atoms with Crippen LogP contribution in [0.15, 0.2) is 10.6 Å². The van der Waals surface area contributed by atoms with Gasteiger partial charge in [0.2, 0.25) is 5.88 Å². The van der Waals surface area contributed by atoms with Crippen LogP contribution < -0.4 is 5.32 Å². The summed E-state index contributed by atoms with van der Waals surface area (Å²) >= 11 is 0. The van der Waals surface area contributed by atoms with Gasteiger partial charge in [0, 0.05) is 11.5 Å². The fourth-order valence-corrected chi connectivity index (χ4v) is 0.865. The minimum Gasteiger partial charge on any atom is -0.387 e. The molecule has 0 saturated carbocycles. The van der Waals surface area contributed by atoms with E-state index in [9.17, 15) is 4.79 Å². The van der Waals surface area contributed by atoms with Crippen LogP contribution >= 0.6 is 0 Å². The maximum Gasteiger partial charge on any atom is 0.252 e. The lowest BCUT2D eigenvalue weighted by atomic mass is 9.92. The number of nitrogens with zero attached hydrogens (tertiary/aromatic N) is 1. The fraction of sp³-hybridized carbons (Fsp3) is 0.556. The first-order valence-corrected chi connectivity index (χ1v) is 4.31. The van der Waals surface area contributed by atoms with Gasteiger partial charge in [0.15, 0.2) is 0 Å². The van der Waals surface area contributed by atoms with Gasteiger partial charge < -0.3 is 9.63 Å². The van der Waals surface area contributed by atoms with Gasteiger partial charge >= 0.3 is 0 Å². The Morgan fingerprint density at radius 3 is 2.71 bits per heavy atom. The average molecular weight is 198 g/mol. The van der Waals surface area contributed by atoms with Crippen LogP contribution in [0.3, 0.4) is 0 Å². The van der Waals surface area contributed by atoms with Crippen molar-refractivity contribution >= 4 is 11.8 Å². The van der Waals surface area contributed by atoms with Crippen LogP contribution in [0.25, 0.3) is 0 Å². The minimum absolute atomic E-state index is 0.119. The highest BCUT2D eigenvalue weighted by Crippen LogP contribution is 2.23. The Hall–Kier alpha value is -1.36. The summed E-state index contributed by atoms with van der Waals surface area (Å²) in [5.74, 6) is -0.254. The summed E-state index contributed by atoms with van der Waals surface area (Å²) in [6, 6.07) is 1.65. The van der Waals surface area contributed by atoms with Crippen LogP contribution in [0.1, 0.15) is 26.5 Å². The standard InChI is InChI=1S/C9H14N2O3/c1-9(2,3)6-4-8(14-11-6)10-7(13)5-12/h4,12H,5H2,1-3H3,(H,10,13). The summed E-state index contributed by atoms with van der Waals surface area (Å²) in [5, 5.41) is 14.7. The van der Waals surface area contributed by atoms with Crippen LogP contribution in [0.5, 0.6) is 0 Å². The molecular formula is C9H14N2O3. The van der Waals surface area contributed by atoms with Gasteiger partial charge in [0.1, 0.15) is 6.61 Å². The Morgan fingerprint density at radius 2 is 2.29 bits per heavy atom. The first kappa shape index (κ1) is 10.7. The van der Waals surface area contributed by atoms with Crippen molar-refractivity contribution in [3.05, 3.63) is 11.8 Å². The lowest BCUT2D eigenvalue weighted by Gasteiger charge is -2.12. The number of amides is 1. The number of carbonyl (C=O) groups is 1. The first-order valence-electron chi connectivity index (χ1n) is 4.31. The molecule has 0 aliphatic carbocycles. The number of aromatic nitrogens is 1. The summed E-state index contributed by atoms with van der Waals surface area (Å²) < 4.78 is 4.87. The Morgan fingerprint density at radius 1 is 1.64 bits per heavy atom. The number of hydrogen-bond donors (Lipinski definition) is 2. The van der Waals surface area contributed by atoms with Crippen LogP contribution in [-0.4, -0.2) is 22.8 Å². The van der Waals surface area contributed by atoms with Gasteiger partial charge in [-0.2, -0.15) is 0 Å². The van der Waals surface area contributed by atoms with Gasteiger partial charge in [-0.1, -0.05) is 25.9 Å². The molecule has 0 aliphatic rings. The van der Waals surface area contributed by atoms with Crippen molar-refractivity contribution in [1.29, 1.82) is 0 Å². The van der Waals surface area contributed by atoms with Crippen molar-refractivity contribution in [3.63, 3.8) is 0 Å². The molecule has 0 fully saturated rings. The monoisotopic (exact) mass is 198 g/mol. The molecule has 0 unspecified atom stereocenters. The predicted octanol–water partition coefficient (Wildman–Crippen LogP) is 0.903. The first-order chi connectivity index (χ1) is 6.43. The Bertz CT molecular complexity index is 325. The molecule has 0 spiro atoms. The molecule has 1 amide bonds. The normalized spacial score (nSPS) is 11.4. The number of carbonyl (C=O) groups excluding carboxylic acids is 1. The second-order valence-corrected chi connectivity index (χ2v) is 4.03. The highest BCUT2D eigenvalue weighted by molar-refractivity contribution is 5.90. The van der Waals surface area contributed by atoms with E-state index in [4.69, 9.17) is 9.63 Å². The van der Waals surface area contributed by atoms with Gasteiger partial charge in [0.05, 0.1) is 5.69 Å². The van der Waals surface area contributed by atoms with Gasteiger partial charge in [0.25, 0.3) is 5.91 Å². The molecule has 0 radical (unpaired) electrons. The van der Waals surface area contributed by atoms with Crippen LogP contribution in [0.2, 0.25) is 0 Å². The molecule has 5 nitrogen and oxygen atoms in total. The van der Waals surface area contributed by atoms with Crippen molar-refractivity contribution in [2.24, 2.45) is 0 Å². The second-order valence-electron chi connectivity index (χ2n) is 4.03. The molecule has 1 heterocycles. The maximum absolute atomic E-state index is 10.8. The van der Waals surface area contributed by atoms with Crippen molar-refractivity contribution in [2.45, 2.75) is 26.2 Å². The van der Waals surface area contributed by atoms with E-state index in [0.717, 1.165) is 5.69 Å². The molecule has 2 N–H and O–H groups in total. The minimum atomic E-state index is -0.564. The smallest absolute Gasteiger partial charge is 0.252 e. The predicted molar refractivity (Wildman–Crippen MR) is 50.9 cm³/mol. The van der Waals surface area contributed by atoms with Gasteiger partial charge in [-0.3, -0.25) is 10.1 Å². The zero-order valence-electron chi connectivity index (χ0n) is 8.50. The molecule has 0 atom stereocenters. The summed E-state index contributed by atoms with van der Waals surface area (Å²) in [6.45, 7) is 5.40. The Balaban J connectivity index is 2.74. The summed E-state index contributed by atoms with van der Waals surface area (Å²) in [4.78, 5) is 10.8. The molecule has 1 aromatic heterocycles. The van der Waals surface area contributed by atoms with E-state index in [1.807, 2.05) is 20.8 Å². The van der Waals surface area contributed by atoms with E-state index in [-0.39, 0.29) is 11.3 Å². The largest absolute Gasteiger partial charge is 0.387 e. The molecule has 14 heavy (non-hydrogen) atoms. The quantitative estimate of drug-likeness (QED) is 0.740. The number of nitrogens with one attached hydrogen (secondary N) is 1. The molecule has 78 valence electrons. The van der Waals surface area contributed by atoms with Gasteiger partial charge in [-0.15, -0.1) is 0 Å². The molecule has 0 bridgehead atoms. The number of anilines is 1. The average Bonchev–Trinajstić information content (AvgIpc) is 2.51. The molecule has 1 rings (SSSR count).